The summed E-state index contributed by atoms with van der Waals surface area (Å²) >= 11 is 6.00. The Morgan fingerprint density at radius 3 is 2.57 bits per heavy atom. The lowest BCUT2D eigenvalue weighted by atomic mass is 10.1. The van der Waals surface area contributed by atoms with E-state index >= 15 is 0 Å². The van der Waals surface area contributed by atoms with Crippen LogP contribution >= 0.6 is 11.6 Å². The Bertz CT molecular complexity index is 1030. The second kappa shape index (κ2) is 8.89. The van der Waals surface area contributed by atoms with Crippen molar-refractivity contribution in [1.82, 2.24) is 14.5 Å². The van der Waals surface area contributed by atoms with Crippen LogP contribution in [0.5, 0.6) is 0 Å². The third kappa shape index (κ3) is 5.43. The first-order chi connectivity index (χ1) is 13.3. The minimum Gasteiger partial charge on any atom is -0.427 e. The van der Waals surface area contributed by atoms with Crippen LogP contribution < -0.4 is 0 Å². The van der Waals surface area contributed by atoms with Gasteiger partial charge >= 0.3 is 6.01 Å². The number of rotatable bonds is 9. The number of imidazole rings is 1. The molecule has 0 atom stereocenters. The predicted molar refractivity (Wildman–Crippen MR) is 107 cm³/mol. The molecule has 7 nitrogen and oxygen atoms in total. The van der Waals surface area contributed by atoms with Crippen LogP contribution in [-0.2, 0) is 20.7 Å². The van der Waals surface area contributed by atoms with Crippen LogP contribution in [0.25, 0.3) is 17.3 Å². The van der Waals surface area contributed by atoms with E-state index in [1.165, 1.54) is 0 Å². The van der Waals surface area contributed by atoms with Crippen molar-refractivity contribution in [2.75, 3.05) is 12.9 Å². The van der Waals surface area contributed by atoms with Gasteiger partial charge in [-0.05, 0) is 31.9 Å². The molecule has 0 aliphatic carbocycles. The summed E-state index contributed by atoms with van der Waals surface area (Å²) < 4.78 is 34.6. The summed E-state index contributed by atoms with van der Waals surface area (Å²) in [5.74, 6) is 1.56. The summed E-state index contributed by atoms with van der Waals surface area (Å²) in [6.45, 7) is 2.08. The second-order valence-corrected chi connectivity index (χ2v) is 8.54. The minimum atomic E-state index is -3.38. The van der Waals surface area contributed by atoms with E-state index in [2.05, 4.69) is 9.97 Å². The zero-order valence-corrected chi connectivity index (χ0v) is 17.3. The number of aryl methyl sites for hydroxylation is 2. The number of halogens is 1. The van der Waals surface area contributed by atoms with Gasteiger partial charge < -0.3 is 4.42 Å². The van der Waals surface area contributed by atoms with Crippen molar-refractivity contribution in [2.24, 2.45) is 0 Å². The van der Waals surface area contributed by atoms with E-state index in [-0.39, 0.29) is 6.61 Å². The fraction of sp³-hybridized carbons (Fsp3) is 0.368. The first kappa shape index (κ1) is 20.6. The van der Waals surface area contributed by atoms with E-state index in [4.69, 9.17) is 20.2 Å². The molecular formula is C19H22ClN3O4S. The molecule has 0 fully saturated rings. The Hall–Kier alpha value is -2.16. The van der Waals surface area contributed by atoms with Crippen molar-refractivity contribution < 1.29 is 17.0 Å². The molecule has 3 rings (SSSR count). The van der Waals surface area contributed by atoms with Crippen LogP contribution in [-0.4, -0.2) is 35.8 Å². The summed E-state index contributed by atoms with van der Waals surface area (Å²) in [5.41, 5.74) is 1.69. The van der Waals surface area contributed by atoms with Gasteiger partial charge in [-0.15, -0.1) is 0 Å². The van der Waals surface area contributed by atoms with Crippen molar-refractivity contribution in [3.8, 4) is 17.3 Å². The topological polar surface area (TPSA) is 87.2 Å². The fourth-order valence-corrected chi connectivity index (χ4v) is 3.35. The highest BCUT2D eigenvalue weighted by Crippen LogP contribution is 2.28. The number of benzene rings is 1. The standard InChI is InChI=1S/C19H22ClN3O4S/c1-14-21-11-12-23(14)19-22-18(15-7-9-16(20)10-8-15)17(27-19)6-4-3-5-13-26-28(2,24)25/h7-12H,3-6,13H2,1-2H3. The summed E-state index contributed by atoms with van der Waals surface area (Å²) in [6.07, 6.45) is 7.53. The highest BCUT2D eigenvalue weighted by atomic mass is 35.5. The first-order valence-corrected chi connectivity index (χ1v) is 11.1. The molecule has 28 heavy (non-hydrogen) atoms. The molecule has 0 bridgehead atoms. The van der Waals surface area contributed by atoms with Gasteiger partial charge in [0.2, 0.25) is 0 Å². The van der Waals surface area contributed by atoms with Gasteiger partial charge in [0.25, 0.3) is 10.1 Å². The molecule has 0 N–H and O–H groups in total. The van der Waals surface area contributed by atoms with E-state index in [0.717, 1.165) is 41.9 Å². The van der Waals surface area contributed by atoms with Gasteiger partial charge in [0.15, 0.2) is 0 Å². The normalized spacial score (nSPS) is 11.8. The van der Waals surface area contributed by atoms with Crippen LogP contribution in [0.2, 0.25) is 5.02 Å². The molecule has 0 saturated carbocycles. The molecule has 0 unspecified atom stereocenters. The Balaban J connectivity index is 1.74. The van der Waals surface area contributed by atoms with Gasteiger partial charge in [-0.3, -0.25) is 8.75 Å². The second-order valence-electron chi connectivity index (χ2n) is 6.46. The van der Waals surface area contributed by atoms with Gasteiger partial charge in [-0.25, -0.2) is 4.98 Å². The number of nitrogens with zero attached hydrogens (tertiary/aromatic N) is 3. The molecule has 3 aromatic rings. The third-order valence-electron chi connectivity index (χ3n) is 4.18. The molecule has 2 heterocycles. The van der Waals surface area contributed by atoms with Crippen molar-refractivity contribution in [1.29, 1.82) is 0 Å². The van der Waals surface area contributed by atoms with Crippen LogP contribution in [0.3, 0.4) is 0 Å². The summed E-state index contributed by atoms with van der Waals surface area (Å²) in [7, 11) is -3.38. The quantitative estimate of drug-likeness (QED) is 0.379. The van der Waals surface area contributed by atoms with E-state index in [1.54, 1.807) is 17.0 Å². The lowest BCUT2D eigenvalue weighted by Crippen LogP contribution is -2.04. The third-order valence-corrected chi connectivity index (χ3v) is 5.03. The lowest BCUT2D eigenvalue weighted by molar-refractivity contribution is 0.309. The molecule has 0 spiro atoms. The highest BCUT2D eigenvalue weighted by molar-refractivity contribution is 7.85. The van der Waals surface area contributed by atoms with Gasteiger partial charge in [0, 0.05) is 29.4 Å². The van der Waals surface area contributed by atoms with Crippen LogP contribution in [0.15, 0.2) is 41.1 Å². The Morgan fingerprint density at radius 2 is 1.93 bits per heavy atom. The van der Waals surface area contributed by atoms with E-state index < -0.39 is 10.1 Å². The van der Waals surface area contributed by atoms with Gasteiger partial charge in [0.05, 0.1) is 12.9 Å². The molecule has 9 heteroatoms. The van der Waals surface area contributed by atoms with Crippen molar-refractivity contribution in [2.45, 2.75) is 32.6 Å². The first-order valence-electron chi connectivity index (χ1n) is 8.94. The average Bonchev–Trinajstić information content (AvgIpc) is 3.24. The molecule has 0 amide bonds. The highest BCUT2D eigenvalue weighted by Gasteiger charge is 2.17. The van der Waals surface area contributed by atoms with Crippen LogP contribution in [0.4, 0.5) is 0 Å². The number of oxazole rings is 1. The molecule has 0 aliphatic heterocycles. The lowest BCUT2D eigenvalue weighted by Gasteiger charge is -2.03. The van der Waals surface area contributed by atoms with Gasteiger partial charge in [0.1, 0.15) is 17.3 Å². The smallest absolute Gasteiger partial charge is 0.307 e. The molecule has 0 aliphatic rings. The predicted octanol–water partition coefficient (Wildman–Crippen LogP) is 4.18. The average molecular weight is 424 g/mol. The zero-order valence-electron chi connectivity index (χ0n) is 15.8. The molecule has 150 valence electrons. The number of hydrogen-bond donors (Lipinski definition) is 0. The largest absolute Gasteiger partial charge is 0.427 e. The fourth-order valence-electron chi connectivity index (χ4n) is 2.80. The van der Waals surface area contributed by atoms with E-state index in [1.807, 2.05) is 31.2 Å². The summed E-state index contributed by atoms with van der Waals surface area (Å²) in [6, 6.07) is 7.93. The van der Waals surface area contributed by atoms with E-state index in [9.17, 15) is 8.42 Å². The minimum absolute atomic E-state index is 0.193. The van der Waals surface area contributed by atoms with Crippen molar-refractivity contribution >= 4 is 21.7 Å². The molecular weight excluding hydrogens is 402 g/mol. The van der Waals surface area contributed by atoms with Gasteiger partial charge in [-0.1, -0.05) is 30.2 Å². The Morgan fingerprint density at radius 1 is 1.18 bits per heavy atom. The SMILES string of the molecule is Cc1nccn1-c1nc(-c2ccc(Cl)cc2)c(CCCCCOS(C)(=O)=O)o1. The number of unbranched alkanes of at least 4 members (excludes halogenated alkanes) is 2. The van der Waals surface area contributed by atoms with Gasteiger partial charge in [-0.2, -0.15) is 13.4 Å². The molecule has 1 aromatic carbocycles. The van der Waals surface area contributed by atoms with E-state index in [0.29, 0.717) is 23.9 Å². The van der Waals surface area contributed by atoms with Crippen molar-refractivity contribution in [3.05, 3.63) is 53.3 Å². The number of hydrogen-bond acceptors (Lipinski definition) is 6. The number of aromatic nitrogens is 3. The maximum atomic E-state index is 11.0. The summed E-state index contributed by atoms with van der Waals surface area (Å²) in [5, 5.41) is 0.658. The van der Waals surface area contributed by atoms with Crippen LogP contribution in [0.1, 0.15) is 30.8 Å². The monoisotopic (exact) mass is 423 g/mol. The molecule has 0 saturated heterocycles. The van der Waals surface area contributed by atoms with Crippen molar-refractivity contribution in [3.63, 3.8) is 0 Å². The Kier molecular flexibility index (Phi) is 6.53. The molecule has 0 radical (unpaired) electrons. The maximum Gasteiger partial charge on any atom is 0.307 e. The maximum absolute atomic E-state index is 11.0. The Labute approximate surface area is 169 Å². The van der Waals surface area contributed by atoms with Crippen LogP contribution in [0, 0.1) is 6.92 Å². The molecule has 2 aromatic heterocycles. The summed E-state index contributed by atoms with van der Waals surface area (Å²) in [4.78, 5) is 8.88. The zero-order chi connectivity index (χ0) is 20.1.